The summed E-state index contributed by atoms with van der Waals surface area (Å²) in [6, 6.07) is 21.9. The molecule has 0 heterocycles. The van der Waals surface area contributed by atoms with Crippen LogP contribution in [0.5, 0.6) is 5.75 Å². The fourth-order valence-electron chi connectivity index (χ4n) is 2.64. The molecule has 0 spiro atoms. The molecule has 0 fully saturated rings. The van der Waals surface area contributed by atoms with Crippen LogP contribution in [-0.4, -0.2) is 26.5 Å². The topological polar surface area (TPSA) is 96.5 Å². The van der Waals surface area contributed by atoms with Gasteiger partial charge in [-0.2, -0.15) is 0 Å². The number of rotatable bonds is 7. The van der Waals surface area contributed by atoms with Crippen molar-refractivity contribution < 1.29 is 17.9 Å². The Kier molecular flexibility index (Phi) is 7.58. The van der Waals surface area contributed by atoms with Gasteiger partial charge in [0.05, 0.1) is 12.0 Å². The minimum atomic E-state index is -3.76. The molecule has 3 aromatic rings. The Balaban J connectivity index is 1.56. The van der Waals surface area contributed by atoms with Crippen LogP contribution in [0.4, 0.5) is 11.4 Å². The van der Waals surface area contributed by atoms with Gasteiger partial charge in [-0.3, -0.25) is 14.8 Å². The summed E-state index contributed by atoms with van der Waals surface area (Å²) >= 11 is 5.14. The van der Waals surface area contributed by atoms with Crippen LogP contribution in [0, 0.1) is 0 Å². The van der Waals surface area contributed by atoms with Crippen molar-refractivity contribution in [2.75, 3.05) is 17.1 Å². The van der Waals surface area contributed by atoms with Gasteiger partial charge in [-0.1, -0.05) is 30.3 Å². The minimum Gasteiger partial charge on any atom is -0.497 e. The Morgan fingerprint density at radius 2 is 1.53 bits per heavy atom. The van der Waals surface area contributed by atoms with Gasteiger partial charge in [0.15, 0.2) is 5.11 Å². The molecule has 0 radical (unpaired) electrons. The zero-order chi connectivity index (χ0) is 23.0. The number of sulfonamides is 1. The Hall–Kier alpha value is -3.69. The van der Waals surface area contributed by atoms with Crippen molar-refractivity contribution in [1.29, 1.82) is 0 Å². The first-order chi connectivity index (χ1) is 15.4. The van der Waals surface area contributed by atoms with Gasteiger partial charge in [0.1, 0.15) is 5.75 Å². The van der Waals surface area contributed by atoms with Crippen LogP contribution in [0.25, 0.3) is 6.08 Å². The highest BCUT2D eigenvalue weighted by molar-refractivity contribution is 7.92. The van der Waals surface area contributed by atoms with Gasteiger partial charge in [-0.05, 0) is 72.4 Å². The molecule has 3 rings (SSSR count). The lowest BCUT2D eigenvalue weighted by Gasteiger charge is -2.11. The van der Waals surface area contributed by atoms with Gasteiger partial charge in [-0.15, -0.1) is 0 Å². The van der Waals surface area contributed by atoms with Gasteiger partial charge in [0.2, 0.25) is 5.91 Å². The molecule has 0 aliphatic heterocycles. The quantitative estimate of drug-likeness (QED) is 0.359. The number of thiocarbonyl (C=S) groups is 1. The number of hydrogen-bond acceptors (Lipinski definition) is 5. The fraction of sp³-hybridized carbons (Fsp3) is 0.0435. The zero-order valence-electron chi connectivity index (χ0n) is 17.1. The second-order valence-electron chi connectivity index (χ2n) is 6.55. The standard InChI is InChI=1S/C23H21N3O4S2/c1-30-20-12-8-19(9-13-20)26-32(28,29)21-14-10-18(11-15-21)24-23(31)25-22(27)16-7-17-5-3-2-4-6-17/h2-16,26H,1H3,(H2,24,25,27,31). The van der Waals surface area contributed by atoms with Crippen LogP contribution >= 0.6 is 12.2 Å². The van der Waals surface area contributed by atoms with Crippen molar-refractivity contribution in [1.82, 2.24) is 5.32 Å². The average molecular weight is 468 g/mol. The molecule has 1 amide bonds. The largest absolute Gasteiger partial charge is 0.497 e. The molecule has 3 aromatic carbocycles. The van der Waals surface area contributed by atoms with Gasteiger partial charge in [0.25, 0.3) is 10.0 Å². The third kappa shape index (κ3) is 6.66. The summed E-state index contributed by atoms with van der Waals surface area (Å²) in [5.74, 6) is 0.247. The summed E-state index contributed by atoms with van der Waals surface area (Å²) in [6.07, 6.45) is 3.05. The minimum absolute atomic E-state index is 0.0830. The van der Waals surface area contributed by atoms with E-state index in [2.05, 4.69) is 15.4 Å². The Labute approximate surface area is 192 Å². The van der Waals surface area contributed by atoms with Crippen LogP contribution in [0.3, 0.4) is 0 Å². The molecule has 0 bridgehead atoms. The lowest BCUT2D eigenvalue weighted by molar-refractivity contribution is -0.115. The highest BCUT2D eigenvalue weighted by Crippen LogP contribution is 2.20. The van der Waals surface area contributed by atoms with Crippen molar-refractivity contribution in [2.24, 2.45) is 0 Å². The normalized spacial score (nSPS) is 11.0. The van der Waals surface area contributed by atoms with Crippen LogP contribution in [0.2, 0.25) is 0 Å². The number of nitrogens with one attached hydrogen (secondary N) is 3. The van der Waals surface area contributed by atoms with E-state index >= 15 is 0 Å². The molecule has 0 saturated heterocycles. The molecule has 164 valence electrons. The first kappa shape index (κ1) is 23.0. The summed E-state index contributed by atoms with van der Waals surface area (Å²) in [5.41, 5.74) is 1.84. The van der Waals surface area contributed by atoms with E-state index in [0.29, 0.717) is 17.1 Å². The van der Waals surface area contributed by atoms with E-state index in [0.717, 1.165) is 5.56 Å². The number of amides is 1. The van der Waals surface area contributed by atoms with E-state index in [1.54, 1.807) is 42.5 Å². The van der Waals surface area contributed by atoms with Crippen LogP contribution < -0.4 is 20.1 Å². The van der Waals surface area contributed by atoms with Crippen molar-refractivity contribution in [3.8, 4) is 5.75 Å². The molecule has 0 aliphatic carbocycles. The number of hydrogen-bond donors (Lipinski definition) is 3. The summed E-state index contributed by atoms with van der Waals surface area (Å²) in [5, 5.41) is 5.48. The third-order valence-electron chi connectivity index (χ3n) is 4.23. The molecular weight excluding hydrogens is 446 g/mol. The van der Waals surface area contributed by atoms with Crippen molar-refractivity contribution >= 4 is 50.7 Å². The number of methoxy groups -OCH3 is 1. The molecule has 0 unspecified atom stereocenters. The van der Waals surface area contributed by atoms with Crippen LogP contribution in [0.15, 0.2) is 89.8 Å². The van der Waals surface area contributed by atoms with E-state index in [4.69, 9.17) is 17.0 Å². The van der Waals surface area contributed by atoms with Gasteiger partial charge >= 0.3 is 0 Å². The molecule has 0 atom stereocenters. The second kappa shape index (κ2) is 10.6. The molecule has 7 nitrogen and oxygen atoms in total. The van der Waals surface area contributed by atoms with Crippen LogP contribution in [0.1, 0.15) is 5.56 Å². The molecule has 0 saturated carbocycles. The predicted octanol–water partition coefficient (Wildman–Crippen LogP) is 4.02. The molecular formula is C23H21N3O4S2. The predicted molar refractivity (Wildman–Crippen MR) is 130 cm³/mol. The lowest BCUT2D eigenvalue weighted by Crippen LogP contribution is -2.32. The van der Waals surface area contributed by atoms with Crippen molar-refractivity contribution in [3.63, 3.8) is 0 Å². The molecule has 0 aromatic heterocycles. The number of benzene rings is 3. The maximum atomic E-state index is 12.6. The fourth-order valence-corrected chi connectivity index (χ4v) is 3.92. The first-order valence-corrected chi connectivity index (χ1v) is 11.4. The number of carbonyl (C=O) groups excluding carboxylic acids is 1. The molecule has 9 heteroatoms. The van der Waals surface area contributed by atoms with Crippen LogP contribution in [-0.2, 0) is 14.8 Å². The van der Waals surface area contributed by atoms with Crippen molar-refractivity contribution in [2.45, 2.75) is 4.90 Å². The zero-order valence-corrected chi connectivity index (χ0v) is 18.7. The summed E-state index contributed by atoms with van der Waals surface area (Å²) in [4.78, 5) is 12.1. The molecule has 32 heavy (non-hydrogen) atoms. The van der Waals surface area contributed by atoms with E-state index in [1.807, 2.05) is 30.3 Å². The first-order valence-electron chi connectivity index (χ1n) is 9.48. The lowest BCUT2D eigenvalue weighted by atomic mass is 10.2. The van der Waals surface area contributed by atoms with E-state index in [1.165, 1.54) is 25.3 Å². The Morgan fingerprint density at radius 3 is 2.16 bits per heavy atom. The Bertz CT molecular complexity index is 1210. The smallest absolute Gasteiger partial charge is 0.261 e. The van der Waals surface area contributed by atoms with Gasteiger partial charge < -0.3 is 10.1 Å². The third-order valence-corrected chi connectivity index (χ3v) is 5.83. The monoisotopic (exact) mass is 467 g/mol. The van der Waals surface area contributed by atoms with E-state index in [9.17, 15) is 13.2 Å². The summed E-state index contributed by atoms with van der Waals surface area (Å²) in [6.45, 7) is 0. The maximum Gasteiger partial charge on any atom is 0.261 e. The maximum absolute atomic E-state index is 12.6. The van der Waals surface area contributed by atoms with Gasteiger partial charge in [0, 0.05) is 17.5 Å². The summed E-state index contributed by atoms with van der Waals surface area (Å²) in [7, 11) is -2.23. The van der Waals surface area contributed by atoms with E-state index in [-0.39, 0.29) is 15.9 Å². The highest BCUT2D eigenvalue weighted by atomic mass is 32.2. The van der Waals surface area contributed by atoms with Gasteiger partial charge in [-0.25, -0.2) is 8.42 Å². The Morgan fingerprint density at radius 1 is 0.906 bits per heavy atom. The number of carbonyl (C=O) groups is 1. The van der Waals surface area contributed by atoms with Crippen molar-refractivity contribution in [3.05, 3.63) is 90.5 Å². The number of anilines is 2. The second-order valence-corrected chi connectivity index (χ2v) is 8.64. The van der Waals surface area contributed by atoms with E-state index < -0.39 is 10.0 Å². The molecule has 0 aliphatic rings. The SMILES string of the molecule is COc1ccc(NS(=O)(=O)c2ccc(NC(=S)NC(=O)C=Cc3ccccc3)cc2)cc1. The summed E-state index contributed by atoms with van der Waals surface area (Å²) < 4.78 is 32.7. The highest BCUT2D eigenvalue weighted by Gasteiger charge is 2.14. The average Bonchev–Trinajstić information content (AvgIpc) is 2.79. The number of ether oxygens (including phenoxy) is 1. The molecule has 3 N–H and O–H groups in total.